The molecule has 6 nitrogen and oxygen atoms in total. The van der Waals surface area contributed by atoms with Gasteiger partial charge in [0.1, 0.15) is 5.84 Å². The minimum absolute atomic E-state index is 0. The summed E-state index contributed by atoms with van der Waals surface area (Å²) in [6.45, 7) is 10.2. The van der Waals surface area contributed by atoms with Crippen LogP contribution in [0.1, 0.15) is 73.7 Å². The number of carbonyl (C=O) groups excluding carboxylic acids is 2. The number of nitrogens with zero attached hydrogens (tertiary/aromatic N) is 4. The van der Waals surface area contributed by atoms with Gasteiger partial charge in [0.15, 0.2) is 0 Å². The molecule has 0 unspecified atom stereocenters. The number of amides is 2. The summed E-state index contributed by atoms with van der Waals surface area (Å²) < 4.78 is 0. The lowest BCUT2D eigenvalue weighted by atomic mass is 9.81. The predicted octanol–water partition coefficient (Wildman–Crippen LogP) is 5.34. The van der Waals surface area contributed by atoms with Gasteiger partial charge in [-0.15, -0.1) is 0 Å². The summed E-state index contributed by atoms with van der Waals surface area (Å²) in [5, 5.41) is 0. The molecule has 2 amide bonds. The molecule has 2 aliphatic heterocycles. The van der Waals surface area contributed by atoms with Crippen LogP contribution in [-0.2, 0) is 9.59 Å². The molecule has 2 bridgehead atoms. The number of hydrogen-bond donors (Lipinski definition) is 0. The zero-order valence-corrected chi connectivity index (χ0v) is 23.2. The molecule has 1 aromatic carbocycles. The maximum Gasteiger partial charge on any atom is 0.233 e. The lowest BCUT2D eigenvalue weighted by Crippen LogP contribution is -2.47. The van der Waals surface area contributed by atoms with Gasteiger partial charge in [-0.25, -0.2) is 0 Å². The lowest BCUT2D eigenvalue weighted by molar-refractivity contribution is -0.141. The third kappa shape index (κ3) is 5.50. The monoisotopic (exact) mass is 512 g/mol. The Balaban J connectivity index is 0.000000261. The van der Waals surface area contributed by atoms with Crippen LogP contribution < -0.4 is 0 Å². The SMILES string of the molecule is CCN=C(c1ccccc1C)N1CCN(C)CC1.O=C1[C@@H]2[C@H]3CC[C@H](C3)[C@@H]2C(=O)N1CC1CCCCC1.[HH].[HH].[HH]. The van der Waals surface area contributed by atoms with E-state index < -0.39 is 0 Å². The summed E-state index contributed by atoms with van der Waals surface area (Å²) in [5.41, 5.74) is 2.59. The van der Waals surface area contributed by atoms with E-state index in [-0.39, 0.29) is 27.9 Å². The number of aryl methyl sites for hydroxylation is 1. The smallest absolute Gasteiger partial charge is 0.233 e. The molecular weight excluding hydrogens is 460 g/mol. The number of fused-ring (bicyclic) bond motifs is 5. The summed E-state index contributed by atoms with van der Waals surface area (Å²) in [7, 11) is 2.18. The Labute approximate surface area is 227 Å². The molecule has 5 aliphatic rings. The minimum atomic E-state index is 0. The molecule has 0 radical (unpaired) electrons. The molecule has 6 rings (SSSR count). The third-order valence-corrected chi connectivity index (χ3v) is 9.68. The van der Waals surface area contributed by atoms with Crippen LogP contribution in [0.5, 0.6) is 0 Å². The summed E-state index contributed by atoms with van der Waals surface area (Å²) in [6, 6.07) is 8.54. The van der Waals surface area contributed by atoms with Gasteiger partial charge in [-0.05, 0) is 76.3 Å². The summed E-state index contributed by atoms with van der Waals surface area (Å²) in [6.07, 6.45) is 9.80. The van der Waals surface area contributed by atoms with Crippen LogP contribution in [0.25, 0.3) is 0 Å². The van der Waals surface area contributed by atoms with Gasteiger partial charge in [0.05, 0.1) is 11.8 Å². The first-order valence-electron chi connectivity index (χ1n) is 14.9. The number of hydrogen-bond acceptors (Lipinski definition) is 4. The molecule has 0 aromatic heterocycles. The summed E-state index contributed by atoms with van der Waals surface area (Å²) >= 11 is 0. The molecule has 4 atom stereocenters. The molecule has 3 aliphatic carbocycles. The van der Waals surface area contributed by atoms with Crippen LogP contribution in [0.3, 0.4) is 0 Å². The molecule has 2 saturated heterocycles. The van der Waals surface area contributed by atoms with Crippen molar-refractivity contribution in [3.63, 3.8) is 0 Å². The normalized spacial score (nSPS) is 30.5. The van der Waals surface area contributed by atoms with E-state index in [2.05, 4.69) is 55.0 Å². The maximum absolute atomic E-state index is 12.6. The van der Waals surface area contributed by atoms with Gasteiger partial charge in [0.2, 0.25) is 11.8 Å². The van der Waals surface area contributed by atoms with Gasteiger partial charge in [-0.3, -0.25) is 19.5 Å². The van der Waals surface area contributed by atoms with Gasteiger partial charge in [-0.1, -0.05) is 43.5 Å². The Bertz CT molecular complexity index is 980. The number of benzene rings is 1. The Morgan fingerprint density at radius 2 is 1.54 bits per heavy atom. The number of likely N-dealkylation sites (N-methyl/N-ethyl adjacent to an activating group) is 1. The van der Waals surface area contributed by atoms with Crippen molar-refractivity contribution in [2.75, 3.05) is 46.3 Å². The van der Waals surface area contributed by atoms with Crippen molar-refractivity contribution in [2.24, 2.45) is 34.6 Å². The van der Waals surface area contributed by atoms with E-state index in [1.165, 1.54) is 61.9 Å². The van der Waals surface area contributed by atoms with E-state index in [1.54, 1.807) is 4.90 Å². The fourth-order valence-electron chi connectivity index (χ4n) is 7.63. The van der Waals surface area contributed by atoms with Gasteiger partial charge in [0.25, 0.3) is 0 Å². The summed E-state index contributed by atoms with van der Waals surface area (Å²) in [5.74, 6) is 3.35. The topological polar surface area (TPSA) is 56.2 Å². The second-order valence-electron chi connectivity index (χ2n) is 12.1. The molecule has 6 heteroatoms. The molecule has 2 heterocycles. The highest BCUT2D eigenvalue weighted by molar-refractivity contribution is 6.06. The second kappa shape index (κ2) is 11.7. The number of carbonyl (C=O) groups is 2. The highest BCUT2D eigenvalue weighted by atomic mass is 16.2. The van der Waals surface area contributed by atoms with Crippen molar-refractivity contribution in [1.82, 2.24) is 14.7 Å². The first-order chi connectivity index (χ1) is 18.0. The van der Waals surface area contributed by atoms with Gasteiger partial charge in [0, 0.05) is 49.1 Å². The van der Waals surface area contributed by atoms with Gasteiger partial charge >= 0.3 is 0 Å². The average Bonchev–Trinajstić information content (AvgIpc) is 3.60. The Hall–Kier alpha value is -2.21. The largest absolute Gasteiger partial charge is 0.354 e. The highest BCUT2D eigenvalue weighted by Gasteiger charge is 2.60. The van der Waals surface area contributed by atoms with Crippen LogP contribution in [-0.4, -0.2) is 78.7 Å². The standard InChI is InChI=1S/C16H23NO2.C15H23N3.3H2/c18-15-13-11-6-7-12(8-11)14(13)16(19)17(15)9-10-4-2-1-3-5-10;1-4-16-15(14-8-6-5-7-13(14)2)18-11-9-17(3)10-12-18;;;/h10-14H,1-9H2;5-8H,4,9-12H2,1-3H3;3*1H/t11-,12+,13+,14-;;;;. The van der Waals surface area contributed by atoms with Crippen LogP contribution in [0.4, 0.5) is 0 Å². The first kappa shape index (κ1) is 26.4. The lowest BCUT2D eigenvalue weighted by Gasteiger charge is -2.35. The van der Waals surface area contributed by atoms with Gasteiger partial charge < -0.3 is 9.80 Å². The number of amidine groups is 1. The first-order valence-corrected chi connectivity index (χ1v) is 14.9. The zero-order chi connectivity index (χ0) is 25.9. The highest BCUT2D eigenvalue weighted by Crippen LogP contribution is 2.56. The Kier molecular flexibility index (Phi) is 8.33. The van der Waals surface area contributed by atoms with Crippen molar-refractivity contribution in [2.45, 2.75) is 65.2 Å². The Morgan fingerprint density at radius 3 is 2.14 bits per heavy atom. The minimum Gasteiger partial charge on any atom is -0.354 e. The van der Waals surface area contributed by atoms with E-state index in [4.69, 9.17) is 4.99 Å². The average molecular weight is 513 g/mol. The molecule has 0 spiro atoms. The van der Waals surface area contributed by atoms with E-state index in [0.717, 1.165) is 45.7 Å². The molecule has 208 valence electrons. The number of imide groups is 1. The van der Waals surface area contributed by atoms with E-state index in [0.29, 0.717) is 17.8 Å². The fourth-order valence-corrected chi connectivity index (χ4v) is 7.63. The van der Waals surface area contributed by atoms with Crippen LogP contribution in [0.2, 0.25) is 0 Å². The number of piperazine rings is 1. The second-order valence-corrected chi connectivity index (χ2v) is 12.1. The molecule has 5 fully saturated rings. The zero-order valence-electron chi connectivity index (χ0n) is 23.2. The molecule has 37 heavy (non-hydrogen) atoms. The van der Waals surface area contributed by atoms with Crippen LogP contribution in [0, 0.1) is 36.5 Å². The molecule has 0 N–H and O–H groups in total. The summed E-state index contributed by atoms with van der Waals surface area (Å²) in [4.78, 5) is 36.3. The maximum atomic E-state index is 12.6. The quantitative estimate of drug-likeness (QED) is 0.310. The number of aliphatic imine (C=N–C) groups is 1. The fraction of sp³-hybridized carbons (Fsp3) is 0.710. The number of rotatable bonds is 4. The predicted molar refractivity (Wildman–Crippen MR) is 155 cm³/mol. The van der Waals surface area contributed by atoms with E-state index in [9.17, 15) is 9.59 Å². The Morgan fingerprint density at radius 1 is 0.919 bits per heavy atom. The van der Waals surface area contributed by atoms with E-state index >= 15 is 0 Å². The van der Waals surface area contributed by atoms with Crippen molar-refractivity contribution in [3.8, 4) is 0 Å². The molecular formula is C31H52N4O2. The number of likely N-dealkylation sites (tertiary alicyclic amines) is 1. The van der Waals surface area contributed by atoms with Crippen LogP contribution in [0.15, 0.2) is 29.3 Å². The van der Waals surface area contributed by atoms with Crippen LogP contribution >= 0.6 is 0 Å². The van der Waals surface area contributed by atoms with Crippen molar-refractivity contribution >= 4 is 17.6 Å². The van der Waals surface area contributed by atoms with Crippen molar-refractivity contribution < 1.29 is 13.9 Å². The molecule has 1 aromatic rings. The van der Waals surface area contributed by atoms with Crippen molar-refractivity contribution in [3.05, 3.63) is 35.4 Å². The van der Waals surface area contributed by atoms with Crippen molar-refractivity contribution in [1.29, 1.82) is 0 Å². The van der Waals surface area contributed by atoms with E-state index in [1.807, 2.05) is 0 Å². The molecule has 3 saturated carbocycles. The third-order valence-electron chi connectivity index (χ3n) is 9.68. The van der Waals surface area contributed by atoms with Gasteiger partial charge in [-0.2, -0.15) is 0 Å².